The highest BCUT2D eigenvalue weighted by Crippen LogP contribution is 2.44. The number of aryl methyl sites for hydroxylation is 2. The maximum Gasteiger partial charge on any atom is 0.129 e. The second kappa shape index (κ2) is 20.3. The van der Waals surface area contributed by atoms with Gasteiger partial charge in [-0.3, -0.25) is 0 Å². The van der Waals surface area contributed by atoms with Crippen LogP contribution in [0.25, 0.3) is 0 Å². The zero-order valence-corrected chi connectivity index (χ0v) is 33.2. The molecule has 0 N–H and O–H groups in total. The van der Waals surface area contributed by atoms with Gasteiger partial charge in [-0.25, -0.2) is 17.6 Å². The van der Waals surface area contributed by atoms with Crippen LogP contribution in [0, 0.1) is 70.6 Å². The lowest BCUT2D eigenvalue weighted by atomic mass is 9.68. The molecule has 2 aromatic carbocycles. The Morgan fingerprint density at radius 2 is 0.698 bits per heavy atom. The maximum atomic E-state index is 15.0. The minimum atomic E-state index is -0.523. The van der Waals surface area contributed by atoms with Crippen LogP contribution < -0.4 is 0 Å². The third-order valence-corrected chi connectivity index (χ3v) is 15.1. The van der Waals surface area contributed by atoms with E-state index >= 15 is 17.6 Å². The first-order valence-electron chi connectivity index (χ1n) is 22.3. The summed E-state index contributed by atoms with van der Waals surface area (Å²) in [5.41, 5.74) is 1.51. The van der Waals surface area contributed by atoms with Gasteiger partial charge in [0.15, 0.2) is 0 Å². The topological polar surface area (TPSA) is 9.23 Å². The van der Waals surface area contributed by atoms with E-state index < -0.39 is 23.3 Å². The van der Waals surface area contributed by atoms with Crippen molar-refractivity contribution in [2.75, 3.05) is 13.2 Å². The Labute approximate surface area is 319 Å². The molecule has 0 heterocycles. The van der Waals surface area contributed by atoms with Gasteiger partial charge in [-0.15, -0.1) is 0 Å². The Hall–Kier alpha value is -1.88. The van der Waals surface area contributed by atoms with Crippen LogP contribution in [0.15, 0.2) is 24.3 Å². The highest BCUT2D eigenvalue weighted by molar-refractivity contribution is 5.28. The van der Waals surface area contributed by atoms with Crippen molar-refractivity contribution in [1.82, 2.24) is 0 Å². The van der Waals surface area contributed by atoms with Gasteiger partial charge in [0, 0.05) is 24.0 Å². The molecule has 0 saturated heterocycles. The molecule has 4 saturated carbocycles. The summed E-state index contributed by atoms with van der Waals surface area (Å²) in [5, 5.41) is 0. The fraction of sp³-hybridized carbons (Fsp3) is 0.750. The van der Waals surface area contributed by atoms with Crippen molar-refractivity contribution in [3.8, 4) is 0 Å². The molecule has 53 heavy (non-hydrogen) atoms. The van der Waals surface area contributed by atoms with Gasteiger partial charge in [0.05, 0.1) is 13.2 Å². The van der Waals surface area contributed by atoms with Crippen LogP contribution in [-0.4, -0.2) is 13.2 Å². The fourth-order valence-electron chi connectivity index (χ4n) is 11.3. The summed E-state index contributed by atoms with van der Waals surface area (Å²) in [6.07, 6.45) is 27.8. The van der Waals surface area contributed by atoms with Crippen molar-refractivity contribution in [1.29, 1.82) is 0 Å². The van der Waals surface area contributed by atoms with E-state index in [1.54, 1.807) is 0 Å². The third-order valence-electron chi connectivity index (χ3n) is 15.1. The van der Waals surface area contributed by atoms with E-state index in [2.05, 4.69) is 13.8 Å². The van der Waals surface area contributed by atoms with Gasteiger partial charge in [-0.1, -0.05) is 78.1 Å². The van der Waals surface area contributed by atoms with Gasteiger partial charge in [0.2, 0.25) is 0 Å². The Bertz CT molecular complexity index is 1240. The highest BCUT2D eigenvalue weighted by atomic mass is 19.1. The summed E-state index contributed by atoms with van der Waals surface area (Å²) in [7, 11) is 0. The molecule has 0 radical (unpaired) electrons. The van der Waals surface area contributed by atoms with Gasteiger partial charge < -0.3 is 4.74 Å². The van der Waals surface area contributed by atoms with Crippen LogP contribution >= 0.6 is 0 Å². The lowest BCUT2D eigenvalue weighted by Gasteiger charge is -2.37. The normalized spacial score (nSPS) is 29.7. The quantitative estimate of drug-likeness (QED) is 0.123. The van der Waals surface area contributed by atoms with E-state index in [0.29, 0.717) is 24.7 Å². The van der Waals surface area contributed by atoms with E-state index in [1.165, 1.54) is 140 Å². The SMILES string of the molecule is CCC1CCC(C2CCC(CCc3cc(F)c(CCOCCc4c(F)cc(CCC5CCC(C6CCC(CC)CC6)CC5)cc4F)c(F)c3)CC2)CC1. The number of halogens is 4. The van der Waals surface area contributed by atoms with Gasteiger partial charge in [0.25, 0.3) is 0 Å². The Morgan fingerprint density at radius 3 is 0.981 bits per heavy atom. The molecule has 1 nitrogen and oxygen atoms in total. The smallest absolute Gasteiger partial charge is 0.129 e. The molecule has 0 aliphatic heterocycles. The molecular weight excluding hydrogens is 669 g/mol. The van der Waals surface area contributed by atoms with Crippen LogP contribution in [0.5, 0.6) is 0 Å². The molecule has 296 valence electrons. The van der Waals surface area contributed by atoms with Crippen molar-refractivity contribution < 1.29 is 22.3 Å². The zero-order valence-electron chi connectivity index (χ0n) is 33.2. The molecule has 5 heteroatoms. The Kier molecular flexibility index (Phi) is 15.6. The minimum absolute atomic E-state index is 0.0290. The van der Waals surface area contributed by atoms with Crippen LogP contribution in [0.1, 0.15) is 165 Å². The summed E-state index contributed by atoms with van der Waals surface area (Å²) in [4.78, 5) is 0. The predicted octanol–water partition coefficient (Wildman–Crippen LogP) is 14.0. The van der Waals surface area contributed by atoms with Crippen molar-refractivity contribution in [2.24, 2.45) is 47.3 Å². The standard InChI is InChI=1S/C48H70F4O/c1-3-33-9-17-39(18-10-33)41-21-13-35(14-22-41)5-7-37-29-45(49)43(46(50)30-37)25-27-53-28-26-44-47(51)31-38(32-48(44)52)8-6-36-15-23-42(24-16-36)40-19-11-34(4-2)12-20-40/h29-36,39-42H,3-28H2,1-2H3. The molecule has 0 aromatic heterocycles. The molecular formula is C48H70F4O. The van der Waals surface area contributed by atoms with Crippen LogP contribution in [0.4, 0.5) is 17.6 Å². The second-order valence-electron chi connectivity index (χ2n) is 18.2. The van der Waals surface area contributed by atoms with Gasteiger partial charge in [-0.05, 0) is 160 Å². The van der Waals surface area contributed by atoms with E-state index in [-0.39, 0.29) is 37.2 Å². The number of hydrogen-bond donors (Lipinski definition) is 0. The fourth-order valence-corrected chi connectivity index (χ4v) is 11.3. The van der Waals surface area contributed by atoms with E-state index in [1.807, 2.05) is 0 Å². The predicted molar refractivity (Wildman–Crippen MR) is 210 cm³/mol. The average molecular weight is 739 g/mol. The first-order chi connectivity index (χ1) is 25.8. The van der Waals surface area contributed by atoms with Crippen LogP contribution in [0.3, 0.4) is 0 Å². The van der Waals surface area contributed by atoms with Crippen molar-refractivity contribution in [3.63, 3.8) is 0 Å². The number of hydrogen-bond acceptors (Lipinski definition) is 1. The summed E-state index contributed by atoms with van der Waals surface area (Å²) < 4.78 is 65.7. The summed E-state index contributed by atoms with van der Waals surface area (Å²) in [5.74, 6) is 4.70. The highest BCUT2D eigenvalue weighted by Gasteiger charge is 2.32. The second-order valence-corrected chi connectivity index (χ2v) is 18.2. The van der Waals surface area contributed by atoms with E-state index in [4.69, 9.17) is 4.74 Å². The summed E-state index contributed by atoms with van der Waals surface area (Å²) in [6, 6.07) is 5.97. The monoisotopic (exact) mass is 739 g/mol. The van der Waals surface area contributed by atoms with Crippen molar-refractivity contribution in [3.05, 3.63) is 69.8 Å². The molecule has 0 unspecified atom stereocenters. The molecule has 0 amide bonds. The third kappa shape index (κ3) is 11.6. The van der Waals surface area contributed by atoms with E-state index in [0.717, 1.165) is 59.5 Å². The first-order valence-corrected chi connectivity index (χ1v) is 22.3. The molecule has 0 bridgehead atoms. The van der Waals surface area contributed by atoms with Crippen LogP contribution in [-0.2, 0) is 30.4 Å². The molecule has 4 fully saturated rings. The van der Waals surface area contributed by atoms with Gasteiger partial charge in [-0.2, -0.15) is 0 Å². The molecule has 0 atom stereocenters. The molecule has 4 aliphatic carbocycles. The lowest BCUT2D eigenvalue weighted by Crippen LogP contribution is -2.25. The summed E-state index contributed by atoms with van der Waals surface area (Å²) >= 11 is 0. The zero-order chi connectivity index (χ0) is 37.2. The van der Waals surface area contributed by atoms with Crippen molar-refractivity contribution in [2.45, 2.75) is 168 Å². The number of rotatable bonds is 16. The average Bonchev–Trinajstić information content (AvgIpc) is 3.18. The van der Waals surface area contributed by atoms with Gasteiger partial charge >= 0.3 is 0 Å². The minimum Gasteiger partial charge on any atom is -0.381 e. The Morgan fingerprint density at radius 1 is 0.415 bits per heavy atom. The van der Waals surface area contributed by atoms with Gasteiger partial charge in [0.1, 0.15) is 23.3 Å². The first kappa shape index (κ1) is 40.8. The largest absolute Gasteiger partial charge is 0.381 e. The number of benzene rings is 2. The molecule has 2 aromatic rings. The van der Waals surface area contributed by atoms with E-state index in [9.17, 15) is 0 Å². The van der Waals surface area contributed by atoms with Crippen LogP contribution in [0.2, 0.25) is 0 Å². The Balaban J connectivity index is 0.860. The summed E-state index contributed by atoms with van der Waals surface area (Å²) in [6.45, 7) is 4.85. The number of ether oxygens (including phenoxy) is 1. The molecule has 6 rings (SSSR count). The molecule has 4 aliphatic rings. The maximum absolute atomic E-state index is 15.0. The molecule has 0 spiro atoms. The lowest BCUT2D eigenvalue weighted by molar-refractivity contribution is 0.137. The van der Waals surface area contributed by atoms with Crippen molar-refractivity contribution >= 4 is 0 Å².